The predicted octanol–water partition coefficient (Wildman–Crippen LogP) is 0.545. The first-order valence-electron chi connectivity index (χ1n) is 8.56. The SMILES string of the molecule is NC(=O)C1(N2CCCCC2)CCN(C(=O)CSc2nnc(N)s2)CC1. The number of carbonyl (C=O) groups is 2. The highest BCUT2D eigenvalue weighted by Gasteiger charge is 2.45. The molecule has 0 saturated carbocycles. The summed E-state index contributed by atoms with van der Waals surface area (Å²) in [5.41, 5.74) is 10.7. The van der Waals surface area contributed by atoms with E-state index in [0.29, 0.717) is 41.2 Å². The molecular weight excluding hydrogens is 360 g/mol. The second kappa shape index (κ2) is 7.88. The molecular formula is C15H24N6O2S2. The highest BCUT2D eigenvalue weighted by molar-refractivity contribution is 8.01. The topological polar surface area (TPSA) is 118 Å². The van der Waals surface area contributed by atoms with Crippen LogP contribution in [0.3, 0.4) is 0 Å². The van der Waals surface area contributed by atoms with Crippen LogP contribution >= 0.6 is 23.1 Å². The number of piperidine rings is 2. The molecule has 2 fully saturated rings. The Morgan fingerprint density at radius 1 is 1.12 bits per heavy atom. The minimum Gasteiger partial charge on any atom is -0.374 e. The van der Waals surface area contributed by atoms with Gasteiger partial charge in [-0.1, -0.05) is 29.5 Å². The van der Waals surface area contributed by atoms with Crippen LogP contribution in [0, 0.1) is 0 Å². The maximum atomic E-state index is 12.4. The number of thioether (sulfide) groups is 1. The lowest BCUT2D eigenvalue weighted by atomic mass is 9.83. The number of rotatable bonds is 5. The zero-order chi connectivity index (χ0) is 17.9. The molecule has 0 bridgehead atoms. The van der Waals surface area contributed by atoms with Gasteiger partial charge >= 0.3 is 0 Å². The third kappa shape index (κ3) is 4.06. The van der Waals surface area contributed by atoms with Gasteiger partial charge in [-0.25, -0.2) is 0 Å². The fourth-order valence-corrected chi connectivity index (χ4v) is 5.20. The van der Waals surface area contributed by atoms with Crippen molar-refractivity contribution in [3.63, 3.8) is 0 Å². The first kappa shape index (κ1) is 18.4. The molecule has 1 aromatic rings. The van der Waals surface area contributed by atoms with Gasteiger partial charge in [0.2, 0.25) is 16.9 Å². The van der Waals surface area contributed by atoms with Gasteiger partial charge in [-0.3, -0.25) is 14.5 Å². The molecule has 1 aromatic heterocycles. The van der Waals surface area contributed by atoms with Crippen LogP contribution in [-0.2, 0) is 9.59 Å². The third-order valence-corrected chi connectivity index (χ3v) is 6.98. The van der Waals surface area contributed by atoms with Crippen molar-refractivity contribution in [2.24, 2.45) is 5.73 Å². The van der Waals surface area contributed by atoms with Crippen molar-refractivity contribution in [2.75, 3.05) is 37.7 Å². The predicted molar refractivity (Wildman–Crippen MR) is 98.2 cm³/mol. The maximum Gasteiger partial charge on any atom is 0.238 e. The minimum atomic E-state index is -0.585. The van der Waals surface area contributed by atoms with Gasteiger partial charge in [-0.15, -0.1) is 10.2 Å². The molecule has 3 rings (SSSR count). The van der Waals surface area contributed by atoms with Crippen molar-refractivity contribution < 1.29 is 9.59 Å². The number of nitrogens with two attached hydrogens (primary N) is 2. The molecule has 3 heterocycles. The van der Waals surface area contributed by atoms with E-state index in [9.17, 15) is 9.59 Å². The van der Waals surface area contributed by atoms with Crippen molar-refractivity contribution in [2.45, 2.75) is 42.0 Å². The molecule has 0 atom stereocenters. The molecule has 2 saturated heterocycles. The summed E-state index contributed by atoms with van der Waals surface area (Å²) in [4.78, 5) is 28.7. The molecule has 2 aliphatic heterocycles. The average molecular weight is 385 g/mol. The first-order chi connectivity index (χ1) is 12.0. The number of hydrogen-bond donors (Lipinski definition) is 2. The van der Waals surface area contributed by atoms with Crippen molar-refractivity contribution in [3.8, 4) is 0 Å². The Balaban J connectivity index is 1.55. The van der Waals surface area contributed by atoms with Crippen molar-refractivity contribution >= 4 is 40.0 Å². The number of primary amides is 1. The summed E-state index contributed by atoms with van der Waals surface area (Å²) < 4.78 is 0.697. The van der Waals surface area contributed by atoms with E-state index in [1.54, 1.807) is 0 Å². The van der Waals surface area contributed by atoms with Crippen LogP contribution in [0.1, 0.15) is 32.1 Å². The molecule has 138 valence electrons. The van der Waals surface area contributed by atoms with E-state index in [2.05, 4.69) is 15.1 Å². The summed E-state index contributed by atoms with van der Waals surface area (Å²) in [5.74, 6) is 0.109. The summed E-state index contributed by atoms with van der Waals surface area (Å²) in [6.07, 6.45) is 4.66. The molecule has 0 unspecified atom stereocenters. The van der Waals surface area contributed by atoms with Gasteiger partial charge in [0.1, 0.15) is 5.54 Å². The van der Waals surface area contributed by atoms with Crippen LogP contribution < -0.4 is 11.5 Å². The summed E-state index contributed by atoms with van der Waals surface area (Å²) in [6.45, 7) is 2.98. The summed E-state index contributed by atoms with van der Waals surface area (Å²) in [5, 5.41) is 8.05. The van der Waals surface area contributed by atoms with E-state index < -0.39 is 5.54 Å². The molecule has 8 nitrogen and oxygen atoms in total. The van der Waals surface area contributed by atoms with Crippen LogP contribution in [-0.4, -0.2) is 69.3 Å². The maximum absolute atomic E-state index is 12.4. The van der Waals surface area contributed by atoms with Crippen LogP contribution in [0.2, 0.25) is 0 Å². The van der Waals surface area contributed by atoms with Crippen LogP contribution in [0.4, 0.5) is 5.13 Å². The standard InChI is InChI=1S/C15H24N6O2S2/c16-12(23)15(21-6-2-1-3-7-21)4-8-20(9-5-15)11(22)10-24-14-19-18-13(17)25-14/h1-10H2,(H2,16,23)(H2,17,18). The summed E-state index contributed by atoms with van der Waals surface area (Å²) >= 11 is 2.63. The van der Waals surface area contributed by atoms with Crippen LogP contribution in [0.15, 0.2) is 4.34 Å². The lowest BCUT2D eigenvalue weighted by molar-refractivity contribution is -0.140. The number of amides is 2. The van der Waals surface area contributed by atoms with E-state index in [-0.39, 0.29) is 11.8 Å². The van der Waals surface area contributed by atoms with Gasteiger partial charge in [-0.05, 0) is 38.8 Å². The van der Waals surface area contributed by atoms with Crippen molar-refractivity contribution in [1.29, 1.82) is 0 Å². The second-order valence-electron chi connectivity index (χ2n) is 6.52. The van der Waals surface area contributed by atoms with Gasteiger partial charge in [0.05, 0.1) is 5.75 Å². The van der Waals surface area contributed by atoms with E-state index in [4.69, 9.17) is 11.5 Å². The van der Waals surface area contributed by atoms with Gasteiger partial charge in [-0.2, -0.15) is 0 Å². The largest absolute Gasteiger partial charge is 0.374 e. The zero-order valence-electron chi connectivity index (χ0n) is 14.1. The highest BCUT2D eigenvalue weighted by atomic mass is 32.2. The van der Waals surface area contributed by atoms with Gasteiger partial charge < -0.3 is 16.4 Å². The van der Waals surface area contributed by atoms with E-state index in [0.717, 1.165) is 25.9 Å². The Bertz CT molecular complexity index is 623. The molecule has 0 aromatic carbocycles. The molecule has 0 aliphatic carbocycles. The van der Waals surface area contributed by atoms with E-state index in [1.165, 1.54) is 29.5 Å². The molecule has 2 aliphatic rings. The van der Waals surface area contributed by atoms with Crippen molar-refractivity contribution in [1.82, 2.24) is 20.0 Å². The van der Waals surface area contributed by atoms with Gasteiger partial charge in [0.15, 0.2) is 4.34 Å². The number of carbonyl (C=O) groups excluding carboxylic acids is 2. The van der Waals surface area contributed by atoms with E-state index in [1.807, 2.05) is 4.90 Å². The van der Waals surface area contributed by atoms with Crippen LogP contribution in [0.25, 0.3) is 0 Å². The molecule has 0 spiro atoms. The summed E-state index contributed by atoms with van der Waals surface area (Å²) in [6, 6.07) is 0. The number of aromatic nitrogens is 2. The fraction of sp³-hybridized carbons (Fsp3) is 0.733. The number of nitrogen functional groups attached to an aromatic ring is 1. The number of likely N-dealkylation sites (tertiary alicyclic amines) is 2. The third-order valence-electron chi connectivity index (χ3n) is 5.10. The van der Waals surface area contributed by atoms with Gasteiger partial charge in [0.25, 0.3) is 0 Å². The van der Waals surface area contributed by atoms with Crippen LogP contribution in [0.5, 0.6) is 0 Å². The second-order valence-corrected chi connectivity index (χ2v) is 8.75. The molecule has 4 N–H and O–H groups in total. The fourth-order valence-electron chi connectivity index (χ4n) is 3.66. The molecule has 0 radical (unpaired) electrons. The van der Waals surface area contributed by atoms with E-state index >= 15 is 0 Å². The zero-order valence-corrected chi connectivity index (χ0v) is 15.8. The Morgan fingerprint density at radius 2 is 1.80 bits per heavy atom. The summed E-state index contributed by atoms with van der Waals surface area (Å²) in [7, 11) is 0. The van der Waals surface area contributed by atoms with Gasteiger partial charge in [0, 0.05) is 13.1 Å². The Labute approximate surface area is 155 Å². The normalized spacial score (nSPS) is 21.2. The van der Waals surface area contributed by atoms with Crippen molar-refractivity contribution in [3.05, 3.63) is 0 Å². The monoisotopic (exact) mass is 384 g/mol. The lowest BCUT2D eigenvalue weighted by Crippen LogP contribution is -2.63. The number of hydrogen-bond acceptors (Lipinski definition) is 8. The molecule has 25 heavy (non-hydrogen) atoms. The smallest absolute Gasteiger partial charge is 0.238 e. The molecule has 10 heteroatoms. The quantitative estimate of drug-likeness (QED) is 0.711. The average Bonchev–Trinajstić information content (AvgIpc) is 3.05. The first-order valence-corrected chi connectivity index (χ1v) is 10.4. The highest BCUT2D eigenvalue weighted by Crippen LogP contribution is 2.32. The Kier molecular flexibility index (Phi) is 5.80. The lowest BCUT2D eigenvalue weighted by Gasteiger charge is -2.48. The minimum absolute atomic E-state index is 0.0514. The Morgan fingerprint density at radius 3 is 2.36 bits per heavy atom. The molecule has 2 amide bonds. The number of nitrogens with zero attached hydrogens (tertiary/aromatic N) is 4. The number of anilines is 1. The Hall–Kier alpha value is -1.39.